The van der Waals surface area contributed by atoms with Crippen LogP contribution in [0.1, 0.15) is 43.9 Å². The molecule has 0 saturated carbocycles. The fourth-order valence-electron chi connectivity index (χ4n) is 2.83. The maximum Gasteiger partial charge on any atom is 0.337 e. The smallest absolute Gasteiger partial charge is 0.337 e. The lowest BCUT2D eigenvalue weighted by atomic mass is 10.1. The Morgan fingerprint density at radius 3 is 2.26 bits per heavy atom. The molecule has 2 aromatic carbocycles. The summed E-state index contributed by atoms with van der Waals surface area (Å²) in [6.45, 7) is 0.126. The van der Waals surface area contributed by atoms with Crippen molar-refractivity contribution >= 4 is 41.0 Å². The number of carboxylic acids is 1. The van der Waals surface area contributed by atoms with Crippen LogP contribution in [0.4, 0.5) is 5.69 Å². The van der Waals surface area contributed by atoms with E-state index >= 15 is 0 Å². The third-order valence-corrected chi connectivity index (χ3v) is 4.47. The second-order valence-electron chi connectivity index (χ2n) is 5.96. The molecule has 7 nitrogen and oxygen atoms in total. The number of amides is 3. The average molecular weight is 387 g/mol. The minimum Gasteiger partial charge on any atom is -0.478 e. The van der Waals surface area contributed by atoms with E-state index in [1.807, 2.05) is 0 Å². The van der Waals surface area contributed by atoms with Crippen LogP contribution in [0.3, 0.4) is 0 Å². The lowest BCUT2D eigenvalue weighted by Crippen LogP contribution is -2.31. The van der Waals surface area contributed by atoms with Crippen molar-refractivity contribution in [3.8, 4) is 0 Å². The molecule has 0 atom stereocenters. The van der Waals surface area contributed by atoms with Gasteiger partial charge in [0.05, 0.1) is 21.7 Å². The van der Waals surface area contributed by atoms with Crippen molar-refractivity contribution in [3.63, 3.8) is 0 Å². The van der Waals surface area contributed by atoms with Crippen molar-refractivity contribution < 1.29 is 24.3 Å². The van der Waals surface area contributed by atoms with Gasteiger partial charge in [0.1, 0.15) is 0 Å². The Labute approximate surface area is 159 Å². The lowest BCUT2D eigenvalue weighted by Gasteiger charge is -2.13. The molecule has 0 unspecified atom stereocenters. The molecule has 8 heteroatoms. The normalized spacial score (nSPS) is 12.9. The number of hydrogen-bond donors (Lipinski definition) is 2. The molecule has 0 aromatic heterocycles. The number of imide groups is 1. The maximum atomic E-state index is 12.2. The van der Waals surface area contributed by atoms with Crippen LogP contribution in [0.25, 0.3) is 0 Å². The summed E-state index contributed by atoms with van der Waals surface area (Å²) in [6.07, 6.45) is 0.356. The minimum atomic E-state index is -1.19. The second-order valence-corrected chi connectivity index (χ2v) is 6.37. The Morgan fingerprint density at radius 1 is 1.04 bits per heavy atom. The minimum absolute atomic E-state index is 0.0679. The highest BCUT2D eigenvalue weighted by Gasteiger charge is 2.34. The first kappa shape index (κ1) is 18.6. The van der Waals surface area contributed by atoms with Gasteiger partial charge in [-0.2, -0.15) is 0 Å². The first-order valence-electron chi connectivity index (χ1n) is 8.16. The van der Waals surface area contributed by atoms with E-state index in [1.165, 1.54) is 18.2 Å². The number of nitrogens with one attached hydrogen (secondary N) is 1. The van der Waals surface area contributed by atoms with E-state index in [1.54, 1.807) is 24.3 Å². The summed E-state index contributed by atoms with van der Waals surface area (Å²) in [5.41, 5.74) is 0.937. The molecule has 0 bridgehead atoms. The second kappa shape index (κ2) is 7.59. The van der Waals surface area contributed by atoms with Crippen LogP contribution in [-0.4, -0.2) is 40.2 Å². The Hall–Kier alpha value is -3.19. The van der Waals surface area contributed by atoms with Crippen molar-refractivity contribution in [3.05, 3.63) is 64.2 Å². The fourth-order valence-corrected chi connectivity index (χ4v) is 3.03. The van der Waals surface area contributed by atoms with Gasteiger partial charge < -0.3 is 10.4 Å². The predicted octanol–water partition coefficient (Wildman–Crippen LogP) is 3.05. The molecule has 1 aliphatic heterocycles. The van der Waals surface area contributed by atoms with Crippen LogP contribution in [0.5, 0.6) is 0 Å². The molecule has 1 heterocycles. The van der Waals surface area contributed by atoms with E-state index in [0.717, 1.165) is 4.90 Å². The summed E-state index contributed by atoms with van der Waals surface area (Å²) in [6, 6.07) is 10.7. The number of fused-ring (bicyclic) bond motifs is 1. The van der Waals surface area contributed by atoms with Gasteiger partial charge in [-0.15, -0.1) is 0 Å². The third kappa shape index (κ3) is 3.83. The molecule has 0 fully saturated rings. The zero-order chi connectivity index (χ0) is 19.6. The Morgan fingerprint density at radius 2 is 1.67 bits per heavy atom. The van der Waals surface area contributed by atoms with Crippen LogP contribution in [0.15, 0.2) is 42.5 Å². The highest BCUT2D eigenvalue weighted by atomic mass is 35.5. The summed E-state index contributed by atoms with van der Waals surface area (Å²) in [7, 11) is 0. The Kier molecular flexibility index (Phi) is 5.23. The molecule has 138 valence electrons. The summed E-state index contributed by atoms with van der Waals surface area (Å²) >= 11 is 5.79. The fraction of sp³-hybridized carbons (Fsp3) is 0.158. The van der Waals surface area contributed by atoms with Crippen LogP contribution < -0.4 is 5.32 Å². The van der Waals surface area contributed by atoms with Crippen molar-refractivity contribution in [2.45, 2.75) is 12.8 Å². The van der Waals surface area contributed by atoms with Gasteiger partial charge >= 0.3 is 5.97 Å². The molecular formula is C19H15ClN2O5. The molecule has 1 aliphatic rings. The molecule has 0 aliphatic carbocycles. The van der Waals surface area contributed by atoms with Crippen molar-refractivity contribution in [2.24, 2.45) is 0 Å². The standard InChI is InChI=1S/C19H15ClN2O5/c20-15-8-7-11(10-14(15)19(26)27)21-16(23)6-3-9-22-17(24)12-4-1-2-5-13(12)18(22)25/h1-2,4-5,7-8,10H,3,6,9H2,(H,21,23)(H,26,27). The van der Waals surface area contributed by atoms with Crippen LogP contribution in [-0.2, 0) is 4.79 Å². The van der Waals surface area contributed by atoms with E-state index in [0.29, 0.717) is 16.8 Å². The summed E-state index contributed by atoms with van der Waals surface area (Å²) in [5.74, 6) is -2.27. The van der Waals surface area contributed by atoms with Crippen molar-refractivity contribution in [1.82, 2.24) is 4.90 Å². The quantitative estimate of drug-likeness (QED) is 0.742. The number of nitrogens with zero attached hydrogens (tertiary/aromatic N) is 1. The molecule has 3 rings (SSSR count). The molecule has 3 amide bonds. The van der Waals surface area contributed by atoms with Gasteiger partial charge in [-0.05, 0) is 36.8 Å². The van der Waals surface area contributed by atoms with Gasteiger partial charge in [-0.1, -0.05) is 23.7 Å². The van der Waals surface area contributed by atoms with Crippen LogP contribution in [0.2, 0.25) is 5.02 Å². The maximum absolute atomic E-state index is 12.2. The number of benzene rings is 2. The van der Waals surface area contributed by atoms with E-state index in [4.69, 9.17) is 16.7 Å². The monoisotopic (exact) mass is 386 g/mol. The number of halogens is 1. The van der Waals surface area contributed by atoms with Crippen molar-refractivity contribution in [2.75, 3.05) is 11.9 Å². The number of carbonyl (C=O) groups is 4. The molecular weight excluding hydrogens is 372 g/mol. The largest absolute Gasteiger partial charge is 0.478 e. The highest BCUT2D eigenvalue weighted by molar-refractivity contribution is 6.33. The summed E-state index contributed by atoms with van der Waals surface area (Å²) in [4.78, 5) is 48.7. The van der Waals surface area contributed by atoms with E-state index in [-0.39, 0.29) is 47.7 Å². The van der Waals surface area contributed by atoms with Crippen LogP contribution >= 0.6 is 11.6 Å². The number of carboxylic acid groups (broad SMARTS) is 1. The highest BCUT2D eigenvalue weighted by Crippen LogP contribution is 2.23. The molecule has 2 aromatic rings. The topological polar surface area (TPSA) is 104 Å². The summed E-state index contributed by atoms with van der Waals surface area (Å²) < 4.78 is 0. The zero-order valence-electron chi connectivity index (χ0n) is 14.1. The first-order chi connectivity index (χ1) is 12.9. The Balaban J connectivity index is 1.55. The van der Waals surface area contributed by atoms with Gasteiger partial charge in [0.2, 0.25) is 5.91 Å². The van der Waals surface area contributed by atoms with Gasteiger partial charge in [0.25, 0.3) is 11.8 Å². The van der Waals surface area contributed by atoms with E-state index in [2.05, 4.69) is 5.32 Å². The first-order valence-corrected chi connectivity index (χ1v) is 8.54. The van der Waals surface area contributed by atoms with E-state index in [9.17, 15) is 19.2 Å². The SMILES string of the molecule is O=C(CCCN1C(=O)c2ccccc2C1=O)Nc1ccc(Cl)c(C(=O)O)c1. The number of aromatic carboxylic acids is 1. The lowest BCUT2D eigenvalue weighted by molar-refractivity contribution is -0.116. The molecule has 2 N–H and O–H groups in total. The molecule has 27 heavy (non-hydrogen) atoms. The van der Waals surface area contributed by atoms with Gasteiger partial charge in [0, 0.05) is 18.7 Å². The van der Waals surface area contributed by atoms with Crippen LogP contribution in [0, 0.1) is 0 Å². The number of hydrogen-bond acceptors (Lipinski definition) is 4. The van der Waals surface area contributed by atoms with Crippen molar-refractivity contribution in [1.29, 1.82) is 0 Å². The number of carbonyl (C=O) groups excluding carboxylic acids is 3. The number of rotatable bonds is 6. The third-order valence-electron chi connectivity index (χ3n) is 4.14. The van der Waals surface area contributed by atoms with Gasteiger partial charge in [0.15, 0.2) is 0 Å². The number of anilines is 1. The molecule has 0 spiro atoms. The predicted molar refractivity (Wildman–Crippen MR) is 98.1 cm³/mol. The Bertz CT molecular complexity index is 922. The molecule has 0 radical (unpaired) electrons. The van der Waals surface area contributed by atoms with E-state index < -0.39 is 5.97 Å². The summed E-state index contributed by atoms with van der Waals surface area (Å²) in [5, 5.41) is 11.7. The zero-order valence-corrected chi connectivity index (χ0v) is 14.8. The van der Waals surface area contributed by atoms with Gasteiger partial charge in [-0.3, -0.25) is 19.3 Å². The molecule has 0 saturated heterocycles. The van der Waals surface area contributed by atoms with Gasteiger partial charge in [-0.25, -0.2) is 4.79 Å². The average Bonchev–Trinajstić information content (AvgIpc) is 2.88.